The molecule has 0 bridgehead atoms. The van der Waals surface area contributed by atoms with Gasteiger partial charge in [-0.2, -0.15) is 0 Å². The first-order valence-electron chi connectivity index (χ1n) is 7.36. The normalized spacial score (nSPS) is 10.2. The van der Waals surface area contributed by atoms with Crippen LogP contribution in [0.5, 0.6) is 0 Å². The van der Waals surface area contributed by atoms with Gasteiger partial charge in [0.15, 0.2) is 0 Å². The smallest absolute Gasteiger partial charge is 0.269 e. The van der Waals surface area contributed by atoms with Gasteiger partial charge in [-0.15, -0.1) is 0 Å². The molecule has 1 amide bonds. The predicted molar refractivity (Wildman–Crippen MR) is 95.9 cm³/mol. The van der Waals surface area contributed by atoms with Crippen LogP contribution in [0.2, 0.25) is 0 Å². The summed E-state index contributed by atoms with van der Waals surface area (Å²) in [6, 6.07) is 16.9. The Kier molecular flexibility index (Phi) is 5.06. The number of hydrogen-bond donors (Lipinski definition) is 1. The molecule has 0 saturated heterocycles. The number of nitrogens with zero attached hydrogens (tertiary/aromatic N) is 2. The van der Waals surface area contributed by atoms with E-state index in [4.69, 9.17) is 0 Å². The summed E-state index contributed by atoms with van der Waals surface area (Å²) in [5, 5.41) is 13.6. The maximum atomic E-state index is 12.5. The van der Waals surface area contributed by atoms with Crippen molar-refractivity contribution in [3.05, 3.63) is 88.7 Å². The molecule has 0 unspecified atom stereocenters. The van der Waals surface area contributed by atoms with E-state index >= 15 is 0 Å². The summed E-state index contributed by atoms with van der Waals surface area (Å²) in [6.45, 7) is 0. The number of carbonyl (C=O) groups excluding carboxylic acids is 1. The first-order valence-corrected chi connectivity index (χ1v) is 8.18. The fourth-order valence-corrected chi connectivity index (χ4v) is 3.08. The highest BCUT2D eigenvalue weighted by Crippen LogP contribution is 2.31. The molecule has 0 spiro atoms. The minimum atomic E-state index is -0.440. The Labute approximate surface area is 148 Å². The number of nitro groups is 1. The monoisotopic (exact) mass is 351 g/mol. The molecule has 3 aromatic rings. The third-order valence-corrected chi connectivity index (χ3v) is 4.43. The third-order valence-electron chi connectivity index (χ3n) is 3.35. The lowest BCUT2D eigenvalue weighted by atomic mass is 10.2. The Morgan fingerprint density at radius 2 is 1.68 bits per heavy atom. The van der Waals surface area contributed by atoms with Gasteiger partial charge < -0.3 is 5.32 Å². The van der Waals surface area contributed by atoms with Crippen LogP contribution < -0.4 is 5.32 Å². The number of non-ortho nitro benzene ring substituents is 1. The van der Waals surface area contributed by atoms with Gasteiger partial charge in [0, 0.05) is 40.0 Å². The fourth-order valence-electron chi connectivity index (χ4n) is 2.14. The molecule has 25 heavy (non-hydrogen) atoms. The Morgan fingerprint density at radius 3 is 2.36 bits per heavy atom. The molecule has 0 radical (unpaired) electrons. The van der Waals surface area contributed by atoms with E-state index in [2.05, 4.69) is 10.3 Å². The summed E-state index contributed by atoms with van der Waals surface area (Å²) in [4.78, 5) is 28.3. The Morgan fingerprint density at radius 1 is 1.00 bits per heavy atom. The molecule has 1 heterocycles. The summed E-state index contributed by atoms with van der Waals surface area (Å²) < 4.78 is 0. The van der Waals surface area contributed by atoms with Crippen molar-refractivity contribution < 1.29 is 9.72 Å². The second kappa shape index (κ2) is 7.59. The number of hydrogen-bond acceptors (Lipinski definition) is 5. The van der Waals surface area contributed by atoms with Gasteiger partial charge in [0.05, 0.1) is 10.5 Å². The number of benzene rings is 2. The van der Waals surface area contributed by atoms with Gasteiger partial charge in [-0.25, -0.2) is 0 Å². The molecule has 0 fully saturated rings. The van der Waals surface area contributed by atoms with E-state index in [1.807, 2.05) is 12.1 Å². The number of amides is 1. The Balaban J connectivity index is 1.81. The van der Waals surface area contributed by atoms with E-state index in [1.165, 1.54) is 23.9 Å². The fraction of sp³-hybridized carbons (Fsp3) is 0. The molecular formula is C18H13N3O3S. The van der Waals surface area contributed by atoms with Crippen LogP contribution in [0.25, 0.3) is 0 Å². The number of nitro benzene ring substituents is 1. The third kappa shape index (κ3) is 4.21. The largest absolute Gasteiger partial charge is 0.322 e. The standard InChI is InChI=1S/C18H13N3O3S/c22-18(20-13-9-11-19-12-10-13)16-3-1-2-4-17(16)25-15-7-5-14(6-8-15)21(23)24/h1-12H,(H,19,20,22). The first kappa shape index (κ1) is 16.7. The number of nitrogens with one attached hydrogen (secondary N) is 1. The van der Waals surface area contributed by atoms with Crippen molar-refractivity contribution >= 4 is 29.0 Å². The Bertz CT molecular complexity index is 899. The summed E-state index contributed by atoms with van der Waals surface area (Å²) in [6.07, 6.45) is 3.21. The van der Waals surface area contributed by atoms with E-state index in [-0.39, 0.29) is 11.6 Å². The highest BCUT2D eigenvalue weighted by atomic mass is 32.2. The highest BCUT2D eigenvalue weighted by Gasteiger charge is 2.13. The van der Waals surface area contributed by atoms with Crippen LogP contribution in [-0.4, -0.2) is 15.8 Å². The molecule has 1 aromatic heterocycles. The van der Waals surface area contributed by atoms with Crippen LogP contribution in [0.3, 0.4) is 0 Å². The van der Waals surface area contributed by atoms with Crippen molar-refractivity contribution in [1.29, 1.82) is 0 Å². The van der Waals surface area contributed by atoms with Crippen LogP contribution in [0, 0.1) is 10.1 Å². The zero-order valence-corrected chi connectivity index (χ0v) is 13.8. The predicted octanol–water partition coefficient (Wildman–Crippen LogP) is 4.39. The molecule has 0 atom stereocenters. The molecule has 6 nitrogen and oxygen atoms in total. The van der Waals surface area contributed by atoms with Crippen molar-refractivity contribution in [2.45, 2.75) is 9.79 Å². The van der Waals surface area contributed by atoms with Crippen LogP contribution >= 0.6 is 11.8 Å². The highest BCUT2D eigenvalue weighted by molar-refractivity contribution is 7.99. The minimum Gasteiger partial charge on any atom is -0.322 e. The average Bonchev–Trinajstić information content (AvgIpc) is 2.63. The maximum absolute atomic E-state index is 12.5. The van der Waals surface area contributed by atoms with Crippen LogP contribution in [-0.2, 0) is 0 Å². The second-order valence-electron chi connectivity index (χ2n) is 5.04. The Hall–Kier alpha value is -3.19. The molecule has 0 saturated carbocycles. The van der Waals surface area contributed by atoms with Crippen LogP contribution in [0.15, 0.2) is 82.8 Å². The quantitative estimate of drug-likeness (QED) is 0.544. The van der Waals surface area contributed by atoms with Crippen LogP contribution in [0.4, 0.5) is 11.4 Å². The topological polar surface area (TPSA) is 85.1 Å². The van der Waals surface area contributed by atoms with Crippen molar-refractivity contribution in [3.8, 4) is 0 Å². The number of anilines is 1. The van der Waals surface area contributed by atoms with Gasteiger partial charge >= 0.3 is 0 Å². The van der Waals surface area contributed by atoms with Crippen molar-refractivity contribution in [2.24, 2.45) is 0 Å². The molecule has 7 heteroatoms. The van der Waals surface area contributed by atoms with Crippen molar-refractivity contribution in [1.82, 2.24) is 4.98 Å². The molecule has 1 N–H and O–H groups in total. The zero-order valence-electron chi connectivity index (χ0n) is 13.0. The van der Waals surface area contributed by atoms with Gasteiger partial charge in [0.2, 0.25) is 0 Å². The molecule has 3 rings (SSSR count). The number of carbonyl (C=O) groups is 1. The molecule has 124 valence electrons. The molecule has 0 aliphatic heterocycles. The number of aromatic nitrogens is 1. The van der Waals surface area contributed by atoms with Crippen molar-refractivity contribution in [2.75, 3.05) is 5.32 Å². The van der Waals surface area contributed by atoms with E-state index < -0.39 is 4.92 Å². The van der Waals surface area contributed by atoms with E-state index in [1.54, 1.807) is 48.8 Å². The van der Waals surface area contributed by atoms with Gasteiger partial charge in [-0.3, -0.25) is 19.9 Å². The van der Waals surface area contributed by atoms with Gasteiger partial charge in [0.1, 0.15) is 0 Å². The van der Waals surface area contributed by atoms with E-state index in [0.717, 1.165) is 9.79 Å². The zero-order chi connectivity index (χ0) is 17.6. The van der Waals surface area contributed by atoms with Gasteiger partial charge in [-0.1, -0.05) is 23.9 Å². The van der Waals surface area contributed by atoms with E-state index in [0.29, 0.717) is 11.3 Å². The first-order chi connectivity index (χ1) is 12.1. The second-order valence-corrected chi connectivity index (χ2v) is 6.15. The average molecular weight is 351 g/mol. The number of rotatable bonds is 5. The van der Waals surface area contributed by atoms with Gasteiger partial charge in [-0.05, 0) is 36.4 Å². The maximum Gasteiger partial charge on any atom is 0.269 e. The van der Waals surface area contributed by atoms with E-state index in [9.17, 15) is 14.9 Å². The molecular weight excluding hydrogens is 338 g/mol. The summed E-state index contributed by atoms with van der Waals surface area (Å²) in [5.74, 6) is -0.226. The lowest BCUT2D eigenvalue weighted by molar-refractivity contribution is -0.384. The minimum absolute atomic E-state index is 0.0352. The summed E-state index contributed by atoms with van der Waals surface area (Å²) >= 11 is 1.38. The lowest BCUT2D eigenvalue weighted by Crippen LogP contribution is -2.12. The van der Waals surface area contributed by atoms with Crippen molar-refractivity contribution in [3.63, 3.8) is 0 Å². The molecule has 2 aromatic carbocycles. The lowest BCUT2D eigenvalue weighted by Gasteiger charge is -2.10. The molecule has 0 aliphatic rings. The summed E-state index contributed by atoms with van der Waals surface area (Å²) in [5.41, 5.74) is 1.23. The van der Waals surface area contributed by atoms with Gasteiger partial charge in [0.25, 0.3) is 11.6 Å². The molecule has 0 aliphatic carbocycles. The SMILES string of the molecule is O=C(Nc1ccncc1)c1ccccc1Sc1ccc([N+](=O)[O-])cc1. The van der Waals surface area contributed by atoms with Crippen LogP contribution in [0.1, 0.15) is 10.4 Å². The number of pyridine rings is 1. The summed E-state index contributed by atoms with van der Waals surface area (Å²) in [7, 11) is 0.